The van der Waals surface area contributed by atoms with E-state index in [2.05, 4.69) is 4.90 Å². The molecule has 1 aromatic rings. The first-order chi connectivity index (χ1) is 9.92. The van der Waals surface area contributed by atoms with Crippen LogP contribution in [-0.2, 0) is 14.6 Å². The van der Waals surface area contributed by atoms with Gasteiger partial charge in [0.2, 0.25) is 0 Å². The fourth-order valence-corrected chi connectivity index (χ4v) is 3.70. The quantitative estimate of drug-likeness (QED) is 0.842. The summed E-state index contributed by atoms with van der Waals surface area (Å²) in [7, 11) is -3.37. The number of benzene rings is 1. The highest BCUT2D eigenvalue weighted by atomic mass is 32.2. The number of sulfone groups is 1. The van der Waals surface area contributed by atoms with Crippen molar-refractivity contribution in [2.75, 3.05) is 25.4 Å². The van der Waals surface area contributed by atoms with E-state index in [9.17, 15) is 8.42 Å². The van der Waals surface area contributed by atoms with Gasteiger partial charge in [-0.3, -0.25) is 4.90 Å². The fourth-order valence-electron chi connectivity index (χ4n) is 2.40. The molecule has 0 aromatic heterocycles. The predicted octanol–water partition coefficient (Wildman–Crippen LogP) is 1.44. The first-order valence-electron chi connectivity index (χ1n) is 7.01. The van der Waals surface area contributed by atoms with Crippen LogP contribution in [0.4, 0.5) is 0 Å². The van der Waals surface area contributed by atoms with Crippen LogP contribution in [0, 0.1) is 11.3 Å². The molecule has 1 aliphatic heterocycles. The third-order valence-electron chi connectivity index (χ3n) is 3.71. The summed E-state index contributed by atoms with van der Waals surface area (Å²) in [5.41, 5.74) is 0.365. The van der Waals surface area contributed by atoms with E-state index in [1.54, 1.807) is 18.2 Å². The van der Waals surface area contributed by atoms with Gasteiger partial charge in [-0.15, -0.1) is 0 Å². The van der Waals surface area contributed by atoms with Gasteiger partial charge >= 0.3 is 0 Å². The second kappa shape index (κ2) is 6.56. The van der Waals surface area contributed by atoms with Gasteiger partial charge in [0.1, 0.15) is 0 Å². The van der Waals surface area contributed by atoms with E-state index in [0.717, 1.165) is 6.54 Å². The van der Waals surface area contributed by atoms with E-state index >= 15 is 0 Å². The summed E-state index contributed by atoms with van der Waals surface area (Å²) in [6.07, 6.45) is 0.130. The Kier molecular flexibility index (Phi) is 4.99. The molecule has 2 atom stereocenters. The minimum absolute atomic E-state index is 0.0545. The molecule has 1 aliphatic rings. The first-order valence-corrected chi connectivity index (χ1v) is 8.66. The fraction of sp³-hybridized carbons (Fsp3) is 0.533. The van der Waals surface area contributed by atoms with Crippen molar-refractivity contribution in [2.24, 2.45) is 0 Å². The number of morpholine rings is 1. The average molecular weight is 308 g/mol. The van der Waals surface area contributed by atoms with Crippen molar-refractivity contribution >= 4 is 9.84 Å². The SMILES string of the molecule is C[C@@H]1CO[C@@H](C)CN1CCS(=O)(=O)c1cccc(C#N)c1. The molecule has 1 aromatic carbocycles. The normalized spacial score (nSPS) is 23.7. The smallest absolute Gasteiger partial charge is 0.179 e. The van der Waals surface area contributed by atoms with Gasteiger partial charge in [-0.25, -0.2) is 8.42 Å². The molecule has 0 aliphatic carbocycles. The highest BCUT2D eigenvalue weighted by Crippen LogP contribution is 2.16. The third kappa shape index (κ3) is 4.03. The highest BCUT2D eigenvalue weighted by Gasteiger charge is 2.25. The van der Waals surface area contributed by atoms with Gasteiger partial charge < -0.3 is 4.74 Å². The van der Waals surface area contributed by atoms with Gasteiger partial charge in [0.15, 0.2) is 9.84 Å². The number of nitrogens with zero attached hydrogens (tertiary/aromatic N) is 2. The van der Waals surface area contributed by atoms with E-state index in [0.29, 0.717) is 18.7 Å². The Hall–Kier alpha value is -1.42. The Labute approximate surface area is 126 Å². The molecule has 0 amide bonds. The summed E-state index contributed by atoms with van der Waals surface area (Å²) in [6, 6.07) is 8.37. The van der Waals surface area contributed by atoms with Crippen molar-refractivity contribution in [2.45, 2.75) is 30.9 Å². The van der Waals surface area contributed by atoms with Crippen molar-refractivity contribution in [3.8, 4) is 6.07 Å². The average Bonchev–Trinajstić information content (AvgIpc) is 2.48. The maximum absolute atomic E-state index is 12.4. The largest absolute Gasteiger partial charge is 0.376 e. The van der Waals surface area contributed by atoms with Gasteiger partial charge in [0.25, 0.3) is 0 Å². The van der Waals surface area contributed by atoms with Crippen molar-refractivity contribution in [3.05, 3.63) is 29.8 Å². The van der Waals surface area contributed by atoms with Crippen molar-refractivity contribution in [1.82, 2.24) is 4.90 Å². The van der Waals surface area contributed by atoms with Gasteiger partial charge in [0, 0.05) is 19.1 Å². The van der Waals surface area contributed by atoms with Crippen molar-refractivity contribution in [3.63, 3.8) is 0 Å². The van der Waals surface area contributed by atoms with E-state index in [-0.39, 0.29) is 22.8 Å². The zero-order chi connectivity index (χ0) is 15.5. The van der Waals surface area contributed by atoms with E-state index in [1.807, 2.05) is 19.9 Å². The molecule has 1 saturated heterocycles. The first kappa shape index (κ1) is 16.0. The van der Waals surface area contributed by atoms with Crippen LogP contribution in [0.1, 0.15) is 19.4 Å². The molecule has 0 bridgehead atoms. The molecule has 2 rings (SSSR count). The Morgan fingerprint density at radius 2 is 2.19 bits per heavy atom. The molecular weight excluding hydrogens is 288 g/mol. The highest BCUT2D eigenvalue weighted by molar-refractivity contribution is 7.91. The van der Waals surface area contributed by atoms with Crippen LogP contribution in [0.3, 0.4) is 0 Å². The van der Waals surface area contributed by atoms with Crippen molar-refractivity contribution < 1.29 is 13.2 Å². The van der Waals surface area contributed by atoms with Crippen LogP contribution in [0.2, 0.25) is 0 Å². The Morgan fingerprint density at radius 1 is 1.43 bits per heavy atom. The molecule has 114 valence electrons. The van der Waals surface area contributed by atoms with Crippen LogP contribution in [0.15, 0.2) is 29.2 Å². The molecule has 0 unspecified atom stereocenters. The van der Waals surface area contributed by atoms with Crippen LogP contribution in [-0.4, -0.2) is 50.9 Å². The van der Waals surface area contributed by atoms with Gasteiger partial charge in [-0.05, 0) is 32.0 Å². The monoisotopic (exact) mass is 308 g/mol. The van der Waals surface area contributed by atoms with Gasteiger partial charge in [-0.2, -0.15) is 5.26 Å². The third-order valence-corrected chi connectivity index (χ3v) is 5.40. The summed E-state index contributed by atoms with van der Waals surface area (Å²) in [4.78, 5) is 2.36. The molecule has 0 N–H and O–H groups in total. The molecule has 21 heavy (non-hydrogen) atoms. The molecule has 6 heteroatoms. The molecule has 0 saturated carbocycles. The number of nitriles is 1. The summed E-state index contributed by atoms with van der Waals surface area (Å²) in [6.45, 7) is 5.88. The molecule has 5 nitrogen and oxygen atoms in total. The molecule has 0 spiro atoms. The Balaban J connectivity index is 2.05. The maximum Gasteiger partial charge on any atom is 0.179 e. The Bertz CT molecular complexity index is 637. The number of rotatable bonds is 4. The lowest BCUT2D eigenvalue weighted by molar-refractivity contribution is -0.0469. The predicted molar refractivity (Wildman–Crippen MR) is 79.7 cm³/mol. The minimum atomic E-state index is -3.37. The summed E-state index contributed by atoms with van der Waals surface area (Å²) in [5.74, 6) is 0.0545. The van der Waals surface area contributed by atoms with E-state index < -0.39 is 9.84 Å². The standard InChI is InChI=1S/C15H20N2O3S/c1-12-11-20-13(2)10-17(12)6-7-21(18,19)15-5-3-4-14(8-15)9-16/h3-5,8,12-13H,6-7,10-11H2,1-2H3/t12-,13+/m1/s1. The van der Waals surface area contributed by atoms with Crippen LogP contribution in [0.25, 0.3) is 0 Å². The van der Waals surface area contributed by atoms with Gasteiger partial charge in [0.05, 0.1) is 35.0 Å². The maximum atomic E-state index is 12.4. The van der Waals surface area contributed by atoms with Crippen molar-refractivity contribution in [1.29, 1.82) is 5.26 Å². The lowest BCUT2D eigenvalue weighted by atomic mass is 10.2. The number of ether oxygens (including phenoxy) is 1. The summed E-state index contributed by atoms with van der Waals surface area (Å²) in [5, 5.41) is 8.86. The topological polar surface area (TPSA) is 70.4 Å². The zero-order valence-corrected chi connectivity index (χ0v) is 13.1. The summed E-state index contributed by atoms with van der Waals surface area (Å²) >= 11 is 0. The lowest BCUT2D eigenvalue weighted by Crippen LogP contribution is -2.48. The second-order valence-electron chi connectivity index (χ2n) is 5.45. The minimum Gasteiger partial charge on any atom is -0.376 e. The van der Waals surface area contributed by atoms with Gasteiger partial charge in [-0.1, -0.05) is 6.07 Å². The molecule has 1 fully saturated rings. The lowest BCUT2D eigenvalue weighted by Gasteiger charge is -2.36. The van der Waals surface area contributed by atoms with E-state index in [4.69, 9.17) is 10.00 Å². The molecule has 1 heterocycles. The second-order valence-corrected chi connectivity index (χ2v) is 7.56. The van der Waals surface area contributed by atoms with Crippen LogP contribution >= 0.6 is 0 Å². The number of hydrogen-bond acceptors (Lipinski definition) is 5. The Morgan fingerprint density at radius 3 is 2.90 bits per heavy atom. The van der Waals surface area contributed by atoms with E-state index in [1.165, 1.54) is 6.07 Å². The molecular formula is C15H20N2O3S. The summed E-state index contributed by atoms with van der Waals surface area (Å²) < 4.78 is 30.3. The molecule has 0 radical (unpaired) electrons. The van der Waals surface area contributed by atoms with Crippen LogP contribution < -0.4 is 0 Å². The zero-order valence-electron chi connectivity index (χ0n) is 12.3. The van der Waals surface area contributed by atoms with Crippen LogP contribution in [0.5, 0.6) is 0 Å². The number of hydrogen-bond donors (Lipinski definition) is 0.